The van der Waals surface area contributed by atoms with Crippen LogP contribution in [-0.4, -0.2) is 67.5 Å². The summed E-state index contributed by atoms with van der Waals surface area (Å²) in [4.78, 5) is 8.79. The van der Waals surface area contributed by atoms with Crippen molar-refractivity contribution in [2.45, 2.75) is 18.8 Å². The smallest absolute Gasteiger partial charge is 0.169 e. The highest BCUT2D eigenvalue weighted by molar-refractivity contribution is 7.80. The van der Waals surface area contributed by atoms with Gasteiger partial charge in [-0.05, 0) is 37.2 Å². The fourth-order valence-corrected chi connectivity index (χ4v) is 5.18. The van der Waals surface area contributed by atoms with Crippen LogP contribution in [-0.2, 0) is 4.74 Å². The number of nitrogens with zero attached hydrogens (tertiary/aromatic N) is 2. The number of fused-ring (bicyclic) bond motifs is 1. The summed E-state index contributed by atoms with van der Waals surface area (Å²) in [7, 11) is 0. The third kappa shape index (κ3) is 4.34. The number of quaternary nitrogens is 1. The van der Waals surface area contributed by atoms with E-state index in [2.05, 4.69) is 34.5 Å². The minimum Gasteiger partial charge on any atom is -0.370 e. The first-order valence-electron chi connectivity index (χ1n) is 9.59. The predicted molar refractivity (Wildman–Crippen MR) is 110 cm³/mol. The van der Waals surface area contributed by atoms with Crippen molar-refractivity contribution in [1.29, 1.82) is 0 Å². The molecule has 1 aromatic carbocycles. The first-order valence-corrected chi connectivity index (χ1v) is 10.8. The monoisotopic (exact) mass is 391 g/mol. The fourth-order valence-electron chi connectivity index (χ4n) is 3.76. The summed E-state index contributed by atoms with van der Waals surface area (Å²) in [6, 6.07) is 8.44. The number of likely N-dealkylation sites (tertiary alicyclic amines) is 1. The van der Waals surface area contributed by atoms with Gasteiger partial charge in [0.15, 0.2) is 5.11 Å². The van der Waals surface area contributed by atoms with E-state index >= 15 is 0 Å². The summed E-state index contributed by atoms with van der Waals surface area (Å²) in [5, 5.41) is 5.67. The largest absolute Gasteiger partial charge is 0.370 e. The maximum Gasteiger partial charge on any atom is 0.169 e. The van der Waals surface area contributed by atoms with Crippen LogP contribution in [0, 0.1) is 0 Å². The molecule has 0 saturated carbocycles. The summed E-state index contributed by atoms with van der Waals surface area (Å²) in [6.07, 6.45) is 2.27. The average Bonchev–Trinajstić information content (AvgIpc) is 3.13. The topological polar surface area (TPSA) is 41.8 Å². The van der Waals surface area contributed by atoms with Crippen LogP contribution >= 0.6 is 23.6 Å². The van der Waals surface area contributed by atoms with Crippen molar-refractivity contribution < 1.29 is 9.64 Å². The van der Waals surface area contributed by atoms with E-state index in [-0.39, 0.29) is 0 Å². The normalized spacial score (nSPS) is 19.8. The Labute approximate surface area is 164 Å². The van der Waals surface area contributed by atoms with Crippen molar-refractivity contribution in [3.8, 4) is 0 Å². The predicted octanol–water partition coefficient (Wildman–Crippen LogP) is 1.27. The highest BCUT2D eigenvalue weighted by Gasteiger charge is 2.24. The fraction of sp³-hybridized carbons (Fsp3) is 0.579. The molecule has 0 atom stereocenters. The summed E-state index contributed by atoms with van der Waals surface area (Å²) < 4.78 is 6.71. The molecule has 0 aliphatic carbocycles. The molecule has 1 aromatic heterocycles. The second-order valence-electron chi connectivity index (χ2n) is 7.13. The molecule has 2 aromatic rings. The van der Waals surface area contributed by atoms with Crippen LogP contribution in [0.25, 0.3) is 10.2 Å². The Kier molecular flexibility index (Phi) is 5.99. The summed E-state index contributed by atoms with van der Waals surface area (Å²) in [5.74, 6) is 0.573. The zero-order valence-corrected chi connectivity index (χ0v) is 16.7. The Hall–Kier alpha value is -1.28. The lowest BCUT2D eigenvalue weighted by molar-refractivity contribution is -0.906. The maximum atomic E-state index is 5.62. The number of ether oxygens (including phenoxy) is 1. The van der Waals surface area contributed by atoms with E-state index in [0.29, 0.717) is 5.92 Å². The third-order valence-electron chi connectivity index (χ3n) is 5.40. The molecule has 2 fully saturated rings. The Balaban J connectivity index is 1.23. The van der Waals surface area contributed by atoms with Gasteiger partial charge < -0.3 is 19.9 Å². The van der Waals surface area contributed by atoms with Gasteiger partial charge in [0.1, 0.15) is 13.1 Å². The van der Waals surface area contributed by atoms with E-state index in [9.17, 15) is 0 Å². The van der Waals surface area contributed by atoms with Crippen molar-refractivity contribution in [2.75, 3.05) is 52.5 Å². The summed E-state index contributed by atoms with van der Waals surface area (Å²) >= 11 is 7.47. The van der Waals surface area contributed by atoms with E-state index in [4.69, 9.17) is 21.9 Å². The van der Waals surface area contributed by atoms with Crippen LogP contribution in [0.5, 0.6) is 0 Å². The van der Waals surface area contributed by atoms with Gasteiger partial charge in [-0.1, -0.05) is 12.1 Å². The number of hydrogen-bond donors (Lipinski definition) is 2. The van der Waals surface area contributed by atoms with E-state index < -0.39 is 0 Å². The molecule has 2 aliphatic rings. The van der Waals surface area contributed by atoms with Crippen molar-refractivity contribution in [3.05, 3.63) is 29.3 Å². The van der Waals surface area contributed by atoms with Crippen LogP contribution in [0.3, 0.4) is 0 Å². The lowest BCUT2D eigenvalue weighted by atomic mass is 9.98. The summed E-state index contributed by atoms with van der Waals surface area (Å²) in [6.45, 7) is 8.12. The number of thiazole rings is 1. The molecule has 7 heteroatoms. The minimum absolute atomic E-state index is 0.573. The van der Waals surface area contributed by atoms with Gasteiger partial charge in [-0.3, -0.25) is 0 Å². The molecule has 26 heavy (non-hydrogen) atoms. The summed E-state index contributed by atoms with van der Waals surface area (Å²) in [5.41, 5.74) is 1.14. The number of para-hydroxylation sites is 1. The van der Waals surface area contributed by atoms with Crippen molar-refractivity contribution in [3.63, 3.8) is 0 Å². The van der Waals surface area contributed by atoms with Crippen molar-refractivity contribution in [2.24, 2.45) is 0 Å². The number of piperidine rings is 1. The SMILES string of the molecule is S=C(NCC[NH+]1CCOCC1)N1CCC(c2nc3ccccc3s2)CC1. The average molecular weight is 392 g/mol. The van der Waals surface area contributed by atoms with E-state index in [1.165, 1.54) is 9.71 Å². The van der Waals surface area contributed by atoms with Crippen LogP contribution in [0.4, 0.5) is 0 Å². The van der Waals surface area contributed by atoms with Gasteiger partial charge >= 0.3 is 0 Å². The van der Waals surface area contributed by atoms with Gasteiger partial charge in [-0.25, -0.2) is 4.98 Å². The molecule has 4 rings (SSSR count). The lowest BCUT2D eigenvalue weighted by Crippen LogP contribution is -3.14. The Morgan fingerprint density at radius 2 is 2.04 bits per heavy atom. The second-order valence-corrected chi connectivity index (χ2v) is 8.57. The number of thiocarbonyl (C=S) groups is 1. The molecule has 5 nitrogen and oxygen atoms in total. The molecule has 140 valence electrons. The molecule has 0 amide bonds. The zero-order valence-electron chi connectivity index (χ0n) is 15.1. The molecule has 2 saturated heterocycles. The minimum atomic E-state index is 0.573. The van der Waals surface area contributed by atoms with Crippen LogP contribution in [0.2, 0.25) is 0 Å². The quantitative estimate of drug-likeness (QED) is 0.769. The Bertz CT molecular complexity index is 703. The van der Waals surface area contributed by atoms with Crippen LogP contribution in [0.15, 0.2) is 24.3 Å². The maximum absolute atomic E-state index is 5.62. The molecular weight excluding hydrogens is 364 g/mol. The molecule has 2 N–H and O–H groups in total. The van der Waals surface area contributed by atoms with Gasteiger partial charge in [-0.2, -0.15) is 0 Å². The molecule has 3 heterocycles. The lowest BCUT2D eigenvalue weighted by Gasteiger charge is -2.33. The first kappa shape index (κ1) is 18.1. The molecule has 2 aliphatic heterocycles. The van der Waals surface area contributed by atoms with Crippen LogP contribution in [0.1, 0.15) is 23.8 Å². The van der Waals surface area contributed by atoms with E-state index in [1.54, 1.807) is 4.90 Å². The van der Waals surface area contributed by atoms with Crippen molar-refractivity contribution in [1.82, 2.24) is 15.2 Å². The van der Waals surface area contributed by atoms with Crippen molar-refractivity contribution >= 4 is 38.9 Å². The van der Waals surface area contributed by atoms with Gasteiger partial charge in [-0.15, -0.1) is 11.3 Å². The number of hydrogen-bond acceptors (Lipinski definition) is 4. The third-order valence-corrected chi connectivity index (χ3v) is 7.00. The molecule has 0 bridgehead atoms. The number of morpholine rings is 1. The van der Waals surface area contributed by atoms with E-state index in [0.717, 1.165) is 76.0 Å². The standard InChI is InChI=1S/C19H26N4OS2/c25-19(20-7-10-22-11-13-24-14-12-22)23-8-5-15(6-9-23)18-21-16-3-1-2-4-17(16)26-18/h1-4,15H,5-14H2,(H,20,25)/p+1. The highest BCUT2D eigenvalue weighted by atomic mass is 32.1. The van der Waals surface area contributed by atoms with E-state index in [1.807, 2.05) is 11.3 Å². The van der Waals surface area contributed by atoms with Crippen LogP contribution < -0.4 is 10.2 Å². The number of rotatable bonds is 4. The first-order chi connectivity index (χ1) is 12.8. The van der Waals surface area contributed by atoms with Gasteiger partial charge in [0.2, 0.25) is 0 Å². The Morgan fingerprint density at radius 3 is 2.81 bits per heavy atom. The molecule has 0 spiro atoms. The second kappa shape index (κ2) is 8.61. The molecule has 0 radical (unpaired) electrons. The Morgan fingerprint density at radius 1 is 1.27 bits per heavy atom. The molecular formula is C19H27N4OS2+. The number of aromatic nitrogens is 1. The van der Waals surface area contributed by atoms with Gasteiger partial charge in [0.05, 0.1) is 41.5 Å². The highest BCUT2D eigenvalue weighted by Crippen LogP contribution is 2.33. The number of nitrogens with one attached hydrogen (secondary N) is 2. The molecule has 0 unspecified atom stereocenters. The van der Waals surface area contributed by atoms with Gasteiger partial charge in [0, 0.05) is 19.0 Å². The number of benzene rings is 1. The zero-order chi connectivity index (χ0) is 17.8. The van der Waals surface area contributed by atoms with Gasteiger partial charge in [0.25, 0.3) is 0 Å².